The predicted octanol–water partition coefficient (Wildman–Crippen LogP) is 4.99. The Hall–Kier alpha value is -3.55. The number of aromatic nitrogens is 4. The molecule has 0 aliphatic heterocycles. The number of nitrogens with one attached hydrogen (secondary N) is 2. The van der Waals surface area contributed by atoms with Gasteiger partial charge < -0.3 is 10.2 Å². The zero-order chi connectivity index (χ0) is 25.9. The molecule has 0 aliphatic rings. The summed E-state index contributed by atoms with van der Waals surface area (Å²) in [5, 5.41) is 17.5. The monoisotopic (exact) mass is 490 g/mol. The largest absolute Gasteiger partial charge is 0.354 e. The highest BCUT2D eigenvalue weighted by atomic mass is 16.2. The van der Waals surface area contributed by atoms with Crippen LogP contribution < -0.4 is 5.32 Å². The molecule has 0 fully saturated rings. The van der Waals surface area contributed by atoms with Gasteiger partial charge in [0.25, 0.3) is 0 Å². The number of H-pyrrole nitrogens is 1. The zero-order valence-electron chi connectivity index (χ0n) is 21.8. The summed E-state index contributed by atoms with van der Waals surface area (Å²) in [5.41, 5.74) is 3.88. The molecule has 0 spiro atoms. The van der Waals surface area contributed by atoms with Crippen molar-refractivity contribution in [3.05, 3.63) is 54.1 Å². The van der Waals surface area contributed by atoms with E-state index in [2.05, 4.69) is 39.8 Å². The lowest BCUT2D eigenvalue weighted by atomic mass is 9.97. The van der Waals surface area contributed by atoms with Crippen molar-refractivity contribution in [3.63, 3.8) is 0 Å². The fraction of sp³-hybridized carbons (Fsp3) is 0.464. The summed E-state index contributed by atoms with van der Waals surface area (Å²) in [6.45, 7) is 9.19. The molecule has 1 aromatic heterocycles. The normalized spacial score (nSPS) is 11.9. The Labute approximate surface area is 213 Å². The molecule has 2 N–H and O–H groups in total. The molecule has 2 amide bonds. The summed E-state index contributed by atoms with van der Waals surface area (Å²) in [6, 6.07) is 15.5. The Morgan fingerprint density at radius 2 is 1.67 bits per heavy atom. The van der Waals surface area contributed by atoms with E-state index < -0.39 is 6.04 Å². The first-order valence-electron chi connectivity index (χ1n) is 13.0. The molecule has 8 heteroatoms. The van der Waals surface area contributed by atoms with E-state index in [0.29, 0.717) is 25.3 Å². The third-order valence-electron chi connectivity index (χ3n) is 6.26. The number of rotatable bonds is 13. The Morgan fingerprint density at radius 3 is 2.28 bits per heavy atom. The molecule has 3 aromatic rings. The van der Waals surface area contributed by atoms with Crippen molar-refractivity contribution in [3.8, 4) is 22.5 Å². The van der Waals surface area contributed by atoms with Gasteiger partial charge in [0.2, 0.25) is 17.6 Å². The van der Waals surface area contributed by atoms with Crippen molar-refractivity contribution in [2.75, 3.05) is 6.54 Å². The van der Waals surface area contributed by atoms with Gasteiger partial charge in [-0.05, 0) is 40.7 Å². The maximum atomic E-state index is 13.3. The van der Waals surface area contributed by atoms with Crippen LogP contribution in [0.2, 0.25) is 0 Å². The third kappa shape index (κ3) is 6.99. The molecule has 1 atom stereocenters. The average Bonchev–Trinajstić information content (AvgIpc) is 3.42. The van der Waals surface area contributed by atoms with Crippen LogP contribution in [0.3, 0.4) is 0 Å². The van der Waals surface area contributed by atoms with Crippen molar-refractivity contribution in [1.29, 1.82) is 0 Å². The van der Waals surface area contributed by atoms with Crippen LogP contribution >= 0.6 is 0 Å². The van der Waals surface area contributed by atoms with E-state index in [1.165, 1.54) is 0 Å². The molecule has 0 radical (unpaired) electrons. The van der Waals surface area contributed by atoms with Crippen molar-refractivity contribution in [2.45, 2.75) is 72.4 Å². The Balaban J connectivity index is 1.85. The van der Waals surface area contributed by atoms with Crippen LogP contribution in [0.1, 0.15) is 65.4 Å². The van der Waals surface area contributed by atoms with Crippen LogP contribution in [0.25, 0.3) is 22.5 Å². The molecular formula is C28H38N6O2. The lowest BCUT2D eigenvalue weighted by molar-refractivity contribution is -0.143. The molecule has 192 valence electrons. The Kier molecular flexibility index (Phi) is 10.2. The minimum atomic E-state index is -0.509. The second-order valence-electron chi connectivity index (χ2n) is 9.44. The highest BCUT2D eigenvalue weighted by molar-refractivity contribution is 5.88. The average molecular weight is 491 g/mol. The summed E-state index contributed by atoms with van der Waals surface area (Å²) < 4.78 is 0. The van der Waals surface area contributed by atoms with Gasteiger partial charge in [-0.1, -0.05) is 89.1 Å². The first-order valence-corrected chi connectivity index (χ1v) is 13.0. The van der Waals surface area contributed by atoms with Crippen LogP contribution in [0.4, 0.5) is 0 Å². The number of carbonyl (C=O) groups is 2. The van der Waals surface area contributed by atoms with Gasteiger partial charge in [0.15, 0.2) is 0 Å². The van der Waals surface area contributed by atoms with Gasteiger partial charge in [-0.2, -0.15) is 5.21 Å². The topological polar surface area (TPSA) is 104 Å². The number of amides is 2. The fourth-order valence-electron chi connectivity index (χ4n) is 4.30. The van der Waals surface area contributed by atoms with Crippen molar-refractivity contribution >= 4 is 11.8 Å². The second kappa shape index (κ2) is 13.5. The lowest BCUT2D eigenvalue weighted by Crippen LogP contribution is -2.52. The van der Waals surface area contributed by atoms with Crippen molar-refractivity contribution < 1.29 is 9.59 Å². The molecule has 1 heterocycles. The molecule has 0 saturated heterocycles. The number of unbranched alkanes of at least 4 members (excludes halogenated alkanes) is 2. The van der Waals surface area contributed by atoms with Crippen LogP contribution in [0.15, 0.2) is 48.5 Å². The highest BCUT2D eigenvalue weighted by Crippen LogP contribution is 2.30. The van der Waals surface area contributed by atoms with Gasteiger partial charge in [0, 0.05) is 25.1 Å². The molecule has 0 saturated carbocycles. The van der Waals surface area contributed by atoms with Gasteiger partial charge in [-0.25, -0.2) is 0 Å². The minimum absolute atomic E-state index is 0.00156. The zero-order valence-corrected chi connectivity index (χ0v) is 21.8. The lowest BCUT2D eigenvalue weighted by Gasteiger charge is -2.34. The summed E-state index contributed by atoms with van der Waals surface area (Å²) in [7, 11) is 0. The van der Waals surface area contributed by atoms with Gasteiger partial charge in [-0.15, -0.1) is 10.2 Å². The van der Waals surface area contributed by atoms with E-state index in [0.717, 1.165) is 47.9 Å². The summed E-state index contributed by atoms with van der Waals surface area (Å²) in [5.74, 6) is 0.483. The molecule has 36 heavy (non-hydrogen) atoms. The van der Waals surface area contributed by atoms with E-state index in [1.54, 1.807) is 4.90 Å². The standard InChI is InChI=1S/C28H38N6O2/c1-5-7-13-25(35)34(26(20(3)4)28(36)29-18-8-6-2)19-21-14-16-22(17-15-21)23-11-9-10-12-24(23)27-30-32-33-31-27/h9-12,14-17,20,26H,5-8,13,18-19H2,1-4H3,(H,29,36)(H,30,31,32,33)/t26-/m0/s1. The van der Waals surface area contributed by atoms with Crippen molar-refractivity contribution in [1.82, 2.24) is 30.8 Å². The van der Waals surface area contributed by atoms with Crippen LogP contribution in [-0.4, -0.2) is 49.9 Å². The molecular weight excluding hydrogens is 452 g/mol. The highest BCUT2D eigenvalue weighted by Gasteiger charge is 2.32. The minimum Gasteiger partial charge on any atom is -0.354 e. The molecule has 0 bridgehead atoms. The maximum absolute atomic E-state index is 13.3. The van der Waals surface area contributed by atoms with Crippen molar-refractivity contribution in [2.24, 2.45) is 5.92 Å². The number of nitrogens with zero attached hydrogens (tertiary/aromatic N) is 4. The van der Waals surface area contributed by atoms with Gasteiger partial charge in [0.05, 0.1) is 0 Å². The summed E-state index contributed by atoms with van der Waals surface area (Å²) in [4.78, 5) is 28.2. The second-order valence-corrected chi connectivity index (χ2v) is 9.44. The molecule has 2 aromatic carbocycles. The SMILES string of the molecule is CCCCNC(=O)[C@H](C(C)C)N(Cc1ccc(-c2ccccc2-c2nn[nH]n2)cc1)C(=O)CCCC. The van der Waals surface area contributed by atoms with Gasteiger partial charge in [0.1, 0.15) is 6.04 Å². The number of hydrogen-bond acceptors (Lipinski definition) is 5. The predicted molar refractivity (Wildman–Crippen MR) is 142 cm³/mol. The van der Waals surface area contributed by atoms with Crippen LogP contribution in [0.5, 0.6) is 0 Å². The molecule has 0 unspecified atom stereocenters. The van der Waals surface area contributed by atoms with E-state index in [9.17, 15) is 9.59 Å². The maximum Gasteiger partial charge on any atom is 0.243 e. The Morgan fingerprint density at radius 1 is 0.972 bits per heavy atom. The van der Waals surface area contributed by atoms with E-state index in [4.69, 9.17) is 0 Å². The van der Waals surface area contributed by atoms with E-state index >= 15 is 0 Å². The molecule has 0 aliphatic carbocycles. The first-order chi connectivity index (χ1) is 17.5. The third-order valence-corrected chi connectivity index (χ3v) is 6.26. The van der Waals surface area contributed by atoms with E-state index in [-0.39, 0.29) is 17.7 Å². The summed E-state index contributed by atoms with van der Waals surface area (Å²) >= 11 is 0. The fourth-order valence-corrected chi connectivity index (χ4v) is 4.30. The number of hydrogen-bond donors (Lipinski definition) is 2. The number of aromatic amines is 1. The number of tetrazole rings is 1. The number of benzene rings is 2. The molecule has 8 nitrogen and oxygen atoms in total. The molecule has 3 rings (SSSR count). The van der Waals surface area contributed by atoms with Gasteiger partial charge >= 0.3 is 0 Å². The quantitative estimate of drug-likeness (QED) is 0.328. The number of carbonyl (C=O) groups excluding carboxylic acids is 2. The van der Waals surface area contributed by atoms with Crippen LogP contribution in [-0.2, 0) is 16.1 Å². The van der Waals surface area contributed by atoms with Crippen LogP contribution in [0, 0.1) is 5.92 Å². The smallest absolute Gasteiger partial charge is 0.243 e. The van der Waals surface area contributed by atoms with Gasteiger partial charge in [-0.3, -0.25) is 9.59 Å². The first kappa shape index (κ1) is 27.0. The van der Waals surface area contributed by atoms with E-state index in [1.807, 2.05) is 62.4 Å². The summed E-state index contributed by atoms with van der Waals surface area (Å²) in [6.07, 6.45) is 4.12. The Bertz CT molecular complexity index is 1100.